The number of benzene rings is 1. The number of nitrogens with zero attached hydrogens (tertiary/aromatic N) is 1. The zero-order valence-electron chi connectivity index (χ0n) is 13.1. The standard InChI is InChI=1S/C16H17NO4S3/c1-2-21-13-6-4-3-5-11(13)9-14-15(18)17(16(22)23-14)12-7-8-24(19,20)10-12/h3-6,9,12H,2,7-8,10H2,1H3. The summed E-state index contributed by atoms with van der Waals surface area (Å²) in [5.74, 6) is 0.579. The monoisotopic (exact) mass is 383 g/mol. The zero-order chi connectivity index (χ0) is 17.3. The van der Waals surface area contributed by atoms with Gasteiger partial charge in [-0.3, -0.25) is 9.69 Å². The summed E-state index contributed by atoms with van der Waals surface area (Å²) in [4.78, 5) is 14.7. The van der Waals surface area contributed by atoms with Crippen LogP contribution in [0.5, 0.6) is 5.75 Å². The first-order valence-electron chi connectivity index (χ1n) is 7.60. The molecule has 5 nitrogen and oxygen atoms in total. The topological polar surface area (TPSA) is 63.7 Å². The van der Waals surface area contributed by atoms with Crippen molar-refractivity contribution in [2.75, 3.05) is 18.1 Å². The molecule has 0 radical (unpaired) electrons. The second-order valence-electron chi connectivity index (χ2n) is 5.58. The molecule has 2 saturated heterocycles. The van der Waals surface area contributed by atoms with E-state index in [1.54, 1.807) is 6.08 Å². The maximum absolute atomic E-state index is 12.7. The zero-order valence-corrected chi connectivity index (χ0v) is 15.5. The predicted octanol–water partition coefficient (Wildman–Crippen LogP) is 2.47. The van der Waals surface area contributed by atoms with Crippen molar-refractivity contribution in [2.45, 2.75) is 19.4 Å². The highest BCUT2D eigenvalue weighted by atomic mass is 32.2. The summed E-state index contributed by atoms with van der Waals surface area (Å²) in [5, 5.41) is 0. The summed E-state index contributed by atoms with van der Waals surface area (Å²) in [6, 6.07) is 7.11. The number of hydrogen-bond acceptors (Lipinski definition) is 6. The van der Waals surface area contributed by atoms with Crippen molar-refractivity contribution < 1.29 is 17.9 Å². The average molecular weight is 384 g/mol. The van der Waals surface area contributed by atoms with Gasteiger partial charge in [0.15, 0.2) is 9.84 Å². The van der Waals surface area contributed by atoms with Gasteiger partial charge < -0.3 is 4.74 Å². The van der Waals surface area contributed by atoms with E-state index in [4.69, 9.17) is 17.0 Å². The van der Waals surface area contributed by atoms with E-state index in [0.717, 1.165) is 5.56 Å². The number of carbonyl (C=O) groups excluding carboxylic acids is 1. The van der Waals surface area contributed by atoms with Crippen LogP contribution in [0.25, 0.3) is 6.08 Å². The first kappa shape index (κ1) is 17.4. The van der Waals surface area contributed by atoms with Gasteiger partial charge in [-0.25, -0.2) is 8.42 Å². The lowest BCUT2D eigenvalue weighted by molar-refractivity contribution is -0.123. The highest BCUT2D eigenvalue weighted by molar-refractivity contribution is 8.26. The quantitative estimate of drug-likeness (QED) is 0.588. The number of carbonyl (C=O) groups is 1. The summed E-state index contributed by atoms with van der Waals surface area (Å²) in [6.45, 7) is 2.43. The van der Waals surface area contributed by atoms with Gasteiger partial charge in [0, 0.05) is 5.56 Å². The maximum Gasteiger partial charge on any atom is 0.266 e. The first-order chi connectivity index (χ1) is 11.4. The summed E-state index contributed by atoms with van der Waals surface area (Å²) in [6.07, 6.45) is 2.20. The molecule has 2 aliphatic rings. The number of rotatable bonds is 4. The van der Waals surface area contributed by atoms with Crippen LogP contribution in [0.1, 0.15) is 18.9 Å². The molecular formula is C16H17NO4S3. The lowest BCUT2D eigenvalue weighted by Gasteiger charge is -2.20. The molecule has 0 aliphatic carbocycles. The summed E-state index contributed by atoms with van der Waals surface area (Å²) >= 11 is 6.52. The molecule has 24 heavy (non-hydrogen) atoms. The molecule has 0 aromatic heterocycles. The molecule has 1 aromatic rings. The minimum absolute atomic E-state index is 0.0117. The third kappa shape index (κ3) is 3.50. The fourth-order valence-electron chi connectivity index (χ4n) is 2.80. The average Bonchev–Trinajstić information content (AvgIpc) is 3.01. The van der Waals surface area contributed by atoms with Crippen LogP contribution in [-0.2, 0) is 14.6 Å². The van der Waals surface area contributed by atoms with Crippen LogP contribution in [0.2, 0.25) is 0 Å². The van der Waals surface area contributed by atoms with Crippen molar-refractivity contribution in [1.82, 2.24) is 4.90 Å². The Kier molecular flexibility index (Phi) is 4.98. The van der Waals surface area contributed by atoms with Crippen LogP contribution in [0.3, 0.4) is 0 Å². The second-order valence-corrected chi connectivity index (χ2v) is 9.48. The molecule has 0 bridgehead atoms. The van der Waals surface area contributed by atoms with E-state index in [9.17, 15) is 13.2 Å². The normalized spacial score (nSPS) is 24.8. The van der Waals surface area contributed by atoms with Crippen molar-refractivity contribution in [2.24, 2.45) is 0 Å². The van der Waals surface area contributed by atoms with E-state index in [1.165, 1.54) is 16.7 Å². The fourth-order valence-corrected chi connectivity index (χ4v) is 5.89. The third-order valence-electron chi connectivity index (χ3n) is 3.90. The molecule has 1 amide bonds. The van der Waals surface area contributed by atoms with Gasteiger partial charge in [0.2, 0.25) is 0 Å². The molecule has 0 spiro atoms. The van der Waals surface area contributed by atoms with E-state index in [-0.39, 0.29) is 23.5 Å². The molecule has 2 fully saturated rings. The lowest BCUT2D eigenvalue weighted by atomic mass is 10.1. The molecule has 2 heterocycles. The highest BCUT2D eigenvalue weighted by Gasteiger charge is 2.42. The molecule has 8 heteroatoms. The SMILES string of the molecule is CCOc1ccccc1C=C1SC(=S)N(C2CCS(=O)(=O)C2)C1=O. The van der Waals surface area contributed by atoms with Crippen molar-refractivity contribution in [3.8, 4) is 5.75 Å². The van der Waals surface area contributed by atoms with Crippen molar-refractivity contribution >= 4 is 50.1 Å². The number of thiocarbonyl (C=S) groups is 1. The molecule has 0 N–H and O–H groups in total. The predicted molar refractivity (Wildman–Crippen MR) is 99.7 cm³/mol. The number of para-hydroxylation sites is 1. The van der Waals surface area contributed by atoms with E-state index in [1.807, 2.05) is 31.2 Å². The van der Waals surface area contributed by atoms with Crippen LogP contribution in [0.15, 0.2) is 29.2 Å². The molecule has 0 saturated carbocycles. The Morgan fingerprint density at radius 1 is 1.42 bits per heavy atom. The minimum atomic E-state index is -3.07. The van der Waals surface area contributed by atoms with Crippen molar-refractivity contribution in [3.05, 3.63) is 34.7 Å². The smallest absolute Gasteiger partial charge is 0.266 e. The van der Waals surface area contributed by atoms with E-state index in [0.29, 0.717) is 28.0 Å². The second kappa shape index (κ2) is 6.85. The molecule has 2 aliphatic heterocycles. The van der Waals surface area contributed by atoms with Crippen LogP contribution in [0, 0.1) is 0 Å². The van der Waals surface area contributed by atoms with Crippen molar-refractivity contribution in [3.63, 3.8) is 0 Å². The summed E-state index contributed by atoms with van der Waals surface area (Å²) < 4.78 is 29.4. The third-order valence-corrected chi connectivity index (χ3v) is 6.98. The van der Waals surface area contributed by atoms with E-state index < -0.39 is 9.84 Å². The highest BCUT2D eigenvalue weighted by Crippen LogP contribution is 2.37. The largest absolute Gasteiger partial charge is 0.493 e. The Morgan fingerprint density at radius 2 is 2.17 bits per heavy atom. The van der Waals surface area contributed by atoms with Gasteiger partial charge in [-0.05, 0) is 25.5 Å². The first-order valence-corrected chi connectivity index (χ1v) is 10.6. The fraction of sp³-hybridized carbons (Fsp3) is 0.375. The van der Waals surface area contributed by atoms with Crippen LogP contribution in [0.4, 0.5) is 0 Å². The van der Waals surface area contributed by atoms with Crippen LogP contribution >= 0.6 is 24.0 Å². The summed E-state index contributed by atoms with van der Waals surface area (Å²) in [5.41, 5.74) is 0.805. The Labute approximate surface area is 151 Å². The van der Waals surface area contributed by atoms with Gasteiger partial charge in [-0.2, -0.15) is 0 Å². The molecule has 3 rings (SSSR count). The Morgan fingerprint density at radius 3 is 2.83 bits per heavy atom. The Balaban J connectivity index is 1.87. The summed E-state index contributed by atoms with van der Waals surface area (Å²) in [7, 11) is -3.07. The van der Waals surface area contributed by atoms with Crippen molar-refractivity contribution in [1.29, 1.82) is 0 Å². The molecule has 128 valence electrons. The van der Waals surface area contributed by atoms with Gasteiger partial charge in [-0.1, -0.05) is 42.2 Å². The minimum Gasteiger partial charge on any atom is -0.493 e. The number of amides is 1. The maximum atomic E-state index is 12.7. The van der Waals surface area contributed by atoms with Gasteiger partial charge in [0.05, 0.1) is 29.1 Å². The number of ether oxygens (including phenoxy) is 1. The van der Waals surface area contributed by atoms with Gasteiger partial charge >= 0.3 is 0 Å². The molecule has 1 atom stereocenters. The number of hydrogen-bond donors (Lipinski definition) is 0. The molecular weight excluding hydrogens is 366 g/mol. The van der Waals surface area contributed by atoms with Crippen LogP contribution < -0.4 is 4.74 Å². The number of thioether (sulfide) groups is 1. The number of sulfone groups is 1. The van der Waals surface area contributed by atoms with Gasteiger partial charge in [-0.15, -0.1) is 0 Å². The lowest BCUT2D eigenvalue weighted by Crippen LogP contribution is -2.39. The van der Waals surface area contributed by atoms with Gasteiger partial charge in [0.1, 0.15) is 10.1 Å². The van der Waals surface area contributed by atoms with E-state index >= 15 is 0 Å². The molecule has 1 unspecified atom stereocenters. The Bertz CT molecular complexity index is 816. The molecule has 1 aromatic carbocycles. The van der Waals surface area contributed by atoms with E-state index in [2.05, 4.69) is 0 Å². The van der Waals surface area contributed by atoms with Crippen LogP contribution in [-0.4, -0.2) is 47.7 Å². The Hall–Kier alpha value is -1.38. The van der Waals surface area contributed by atoms with Gasteiger partial charge in [0.25, 0.3) is 5.91 Å².